The van der Waals surface area contributed by atoms with Crippen molar-refractivity contribution in [1.29, 1.82) is 0 Å². The van der Waals surface area contributed by atoms with Crippen LogP contribution in [0.5, 0.6) is 0 Å². The first-order chi connectivity index (χ1) is 16.5. The maximum absolute atomic E-state index is 13.0. The zero-order valence-electron chi connectivity index (χ0n) is 19.9. The number of carbonyl (C=O) groups excluding carboxylic acids is 1. The van der Waals surface area contributed by atoms with E-state index in [9.17, 15) is 4.79 Å². The summed E-state index contributed by atoms with van der Waals surface area (Å²) >= 11 is 0. The van der Waals surface area contributed by atoms with E-state index >= 15 is 0 Å². The maximum Gasteiger partial charge on any atom is 0.246 e. The molecule has 1 amide bonds. The fraction of sp³-hybridized carbons (Fsp3) is 0.462. The molecule has 5 rings (SSSR count). The molecule has 1 saturated heterocycles. The van der Waals surface area contributed by atoms with Crippen molar-refractivity contribution >= 4 is 35.1 Å². The summed E-state index contributed by atoms with van der Waals surface area (Å²) in [5.41, 5.74) is 9.12. The molecule has 1 aromatic carbocycles. The zero-order chi connectivity index (χ0) is 23.7. The van der Waals surface area contributed by atoms with Crippen LogP contribution in [0.15, 0.2) is 41.7 Å². The highest BCUT2D eigenvalue weighted by molar-refractivity contribution is 6.09. The molecule has 1 spiro atoms. The highest BCUT2D eigenvalue weighted by atomic mass is 16.2. The molecule has 3 aliphatic rings. The average molecular weight is 460 g/mol. The van der Waals surface area contributed by atoms with Gasteiger partial charge in [-0.25, -0.2) is 4.98 Å². The van der Waals surface area contributed by atoms with E-state index in [0.29, 0.717) is 18.4 Å². The van der Waals surface area contributed by atoms with Gasteiger partial charge in [-0.15, -0.1) is 0 Å². The summed E-state index contributed by atoms with van der Waals surface area (Å²) in [6.45, 7) is 4.79. The molecule has 8 heteroatoms. The molecular weight excluding hydrogens is 426 g/mol. The minimum atomic E-state index is -0.505. The lowest BCUT2D eigenvalue weighted by atomic mass is 9.91. The van der Waals surface area contributed by atoms with Gasteiger partial charge in [-0.05, 0) is 50.8 Å². The maximum atomic E-state index is 13.0. The molecule has 0 bridgehead atoms. The summed E-state index contributed by atoms with van der Waals surface area (Å²) in [5.74, 6) is 1.59. The van der Waals surface area contributed by atoms with Gasteiger partial charge in [-0.1, -0.05) is 25.0 Å². The summed E-state index contributed by atoms with van der Waals surface area (Å²) in [4.78, 5) is 29.2. The predicted molar refractivity (Wildman–Crippen MR) is 136 cm³/mol. The third-order valence-electron chi connectivity index (χ3n) is 7.12. The van der Waals surface area contributed by atoms with Gasteiger partial charge in [0, 0.05) is 60.5 Å². The molecule has 3 heterocycles. The van der Waals surface area contributed by atoms with Gasteiger partial charge in [0.1, 0.15) is 11.4 Å². The average Bonchev–Trinajstić information content (AvgIpc) is 3.55. The van der Waals surface area contributed by atoms with Gasteiger partial charge in [0.2, 0.25) is 11.9 Å². The topological polar surface area (TPSA) is 109 Å². The second kappa shape index (κ2) is 9.08. The number of carbonyl (C=O) groups is 1. The van der Waals surface area contributed by atoms with E-state index in [4.69, 9.17) is 10.7 Å². The van der Waals surface area contributed by atoms with E-state index in [1.165, 1.54) is 12.8 Å². The number of allylic oxidation sites excluding steroid dienone is 1. The number of fused-ring (bicyclic) bond motifs is 1. The van der Waals surface area contributed by atoms with Gasteiger partial charge in [0.05, 0.1) is 0 Å². The van der Waals surface area contributed by atoms with Gasteiger partial charge in [-0.3, -0.25) is 9.79 Å². The van der Waals surface area contributed by atoms with Crippen molar-refractivity contribution in [3.05, 3.63) is 47.8 Å². The zero-order valence-corrected chi connectivity index (χ0v) is 19.9. The Hall–Kier alpha value is -3.42. The minimum Gasteiger partial charge on any atom is -0.404 e. The summed E-state index contributed by atoms with van der Waals surface area (Å²) < 4.78 is 0. The smallest absolute Gasteiger partial charge is 0.246 e. The van der Waals surface area contributed by atoms with Crippen molar-refractivity contribution in [1.82, 2.24) is 15.3 Å². The number of benzene rings is 1. The minimum absolute atomic E-state index is 0.132. The molecule has 1 unspecified atom stereocenters. The van der Waals surface area contributed by atoms with Crippen LogP contribution < -0.4 is 21.3 Å². The number of nitrogens with one attached hydrogen (secondary N) is 2. The molecule has 2 aliphatic heterocycles. The van der Waals surface area contributed by atoms with Crippen molar-refractivity contribution in [3.8, 4) is 0 Å². The molecule has 1 saturated carbocycles. The monoisotopic (exact) mass is 459 g/mol. The third kappa shape index (κ3) is 4.02. The first-order valence-corrected chi connectivity index (χ1v) is 12.3. The van der Waals surface area contributed by atoms with Crippen LogP contribution in [-0.4, -0.2) is 46.3 Å². The number of aromatic nitrogens is 2. The van der Waals surface area contributed by atoms with Gasteiger partial charge < -0.3 is 21.3 Å². The van der Waals surface area contributed by atoms with E-state index < -0.39 is 5.54 Å². The molecular formula is C26H33N7O. The standard InChI is InChI=1S/C26H33N7O/c1-17(2)29-16-20(14-27)18-7-9-21(10-8-18)31-25-30-15-19-13-26(11-12-28-24(26)34)33(23(19)32-25)22-5-3-4-6-22/h7-10,14-17,22H,3-6,11-13,27H2,1-2H3,(H,28,34)(H,30,31,32). The van der Waals surface area contributed by atoms with E-state index in [1.54, 1.807) is 6.20 Å². The Kier molecular flexibility index (Phi) is 5.98. The molecule has 178 valence electrons. The molecule has 1 atom stereocenters. The lowest BCUT2D eigenvalue weighted by molar-refractivity contribution is -0.123. The van der Waals surface area contributed by atoms with Crippen LogP contribution in [0.3, 0.4) is 0 Å². The Labute approximate surface area is 200 Å². The third-order valence-corrected chi connectivity index (χ3v) is 7.12. The fourth-order valence-electron chi connectivity index (χ4n) is 5.46. The Bertz CT molecular complexity index is 1120. The van der Waals surface area contributed by atoms with Crippen molar-refractivity contribution in [2.45, 2.75) is 70.0 Å². The second-order valence-electron chi connectivity index (χ2n) is 9.76. The van der Waals surface area contributed by atoms with Gasteiger partial charge in [0.25, 0.3) is 0 Å². The van der Waals surface area contributed by atoms with Gasteiger partial charge in [-0.2, -0.15) is 4.98 Å². The van der Waals surface area contributed by atoms with Gasteiger partial charge >= 0.3 is 0 Å². The molecule has 0 radical (unpaired) electrons. The molecule has 2 fully saturated rings. The van der Waals surface area contributed by atoms with Crippen LogP contribution >= 0.6 is 0 Å². The Morgan fingerprint density at radius 2 is 2.06 bits per heavy atom. The van der Waals surface area contributed by atoms with Crippen molar-refractivity contribution in [3.63, 3.8) is 0 Å². The molecule has 4 N–H and O–H groups in total. The van der Waals surface area contributed by atoms with Crippen LogP contribution in [0, 0.1) is 0 Å². The predicted octanol–water partition coefficient (Wildman–Crippen LogP) is 3.56. The largest absolute Gasteiger partial charge is 0.404 e. The second-order valence-corrected chi connectivity index (χ2v) is 9.76. The van der Waals surface area contributed by atoms with E-state index in [-0.39, 0.29) is 11.9 Å². The van der Waals surface area contributed by atoms with Gasteiger partial charge in [0.15, 0.2) is 0 Å². The van der Waals surface area contributed by atoms with Crippen molar-refractivity contribution in [2.24, 2.45) is 10.7 Å². The first kappa shape index (κ1) is 22.4. The summed E-state index contributed by atoms with van der Waals surface area (Å²) in [5, 5.41) is 6.40. The highest BCUT2D eigenvalue weighted by Crippen LogP contribution is 2.46. The van der Waals surface area contributed by atoms with E-state index in [1.807, 2.05) is 50.5 Å². The van der Waals surface area contributed by atoms with Crippen LogP contribution in [0.1, 0.15) is 57.1 Å². The fourth-order valence-corrected chi connectivity index (χ4v) is 5.46. The number of hydrogen-bond donors (Lipinski definition) is 3. The molecule has 1 aromatic heterocycles. The first-order valence-electron chi connectivity index (χ1n) is 12.3. The SMILES string of the molecule is CC(C)N=CC(=CN)c1ccc(Nc2ncc3c(n2)N(C2CCCC2)C2(CCNC2=O)C3)cc1. The summed E-state index contributed by atoms with van der Waals surface area (Å²) in [7, 11) is 0. The molecule has 1 aliphatic carbocycles. The van der Waals surface area contributed by atoms with E-state index in [0.717, 1.165) is 54.0 Å². The lowest BCUT2D eigenvalue weighted by Crippen LogP contribution is -2.56. The lowest BCUT2D eigenvalue weighted by Gasteiger charge is -2.38. The van der Waals surface area contributed by atoms with Crippen molar-refractivity contribution < 1.29 is 4.79 Å². The Morgan fingerprint density at radius 3 is 2.71 bits per heavy atom. The summed E-state index contributed by atoms with van der Waals surface area (Å²) in [6, 6.07) is 8.55. The van der Waals surface area contributed by atoms with Crippen molar-refractivity contribution in [2.75, 3.05) is 16.8 Å². The Morgan fingerprint density at radius 1 is 1.29 bits per heavy atom. The molecule has 34 heavy (non-hydrogen) atoms. The van der Waals surface area contributed by atoms with Crippen LogP contribution in [0.25, 0.3) is 5.57 Å². The number of hydrogen-bond acceptors (Lipinski definition) is 7. The molecule has 8 nitrogen and oxygen atoms in total. The van der Waals surface area contributed by atoms with Crippen LogP contribution in [-0.2, 0) is 11.2 Å². The highest BCUT2D eigenvalue weighted by Gasteiger charge is 2.55. The number of nitrogens with zero attached hydrogens (tertiary/aromatic N) is 4. The number of aliphatic imine (C=N–C) groups is 1. The number of amides is 1. The number of rotatable bonds is 6. The summed E-state index contributed by atoms with van der Waals surface area (Å²) in [6.07, 6.45) is 11.4. The van der Waals surface area contributed by atoms with Crippen LogP contribution in [0.2, 0.25) is 0 Å². The normalized spacial score (nSPS) is 22.9. The quantitative estimate of drug-likeness (QED) is 0.570. The van der Waals surface area contributed by atoms with E-state index in [2.05, 4.69) is 25.5 Å². The molecule has 2 aromatic rings. The number of anilines is 3. The Balaban J connectivity index is 1.39. The number of nitrogens with two attached hydrogens (primary N) is 1. The van der Waals surface area contributed by atoms with Crippen LogP contribution in [0.4, 0.5) is 17.5 Å².